The summed E-state index contributed by atoms with van der Waals surface area (Å²) in [6.45, 7) is 16.6. The fourth-order valence-electron chi connectivity index (χ4n) is 2.27. The Morgan fingerprint density at radius 3 is 2.17 bits per heavy atom. The van der Waals surface area contributed by atoms with E-state index in [1.807, 2.05) is 44.8 Å². The van der Waals surface area contributed by atoms with Crippen LogP contribution >= 0.6 is 0 Å². The van der Waals surface area contributed by atoms with Gasteiger partial charge in [0, 0.05) is 6.20 Å². The Morgan fingerprint density at radius 2 is 1.79 bits per heavy atom. The summed E-state index contributed by atoms with van der Waals surface area (Å²) < 4.78 is 12.2. The van der Waals surface area contributed by atoms with Crippen molar-refractivity contribution in [2.75, 3.05) is 0 Å². The van der Waals surface area contributed by atoms with Crippen LogP contribution in [0.1, 0.15) is 79.7 Å². The summed E-state index contributed by atoms with van der Waals surface area (Å²) in [7, 11) is 1.42. The molecule has 0 aliphatic carbocycles. The molecular formula is C18H34BN2O3. The molecule has 1 atom stereocenters. The molecule has 1 aromatic rings. The molecule has 2 rings (SSSR count). The van der Waals surface area contributed by atoms with Gasteiger partial charge in [-0.3, -0.25) is 4.68 Å². The standard InChI is InChI=1S/C12H22N2O.C6H12BO2/c1-5-6-10(2)11-7-13-14(8-11)9-12(3,4)15;1-5(2)6(3,4)9-7-8-5/h7-8,10,15H,5-6,9H2,1-4H3;1-4H3. The van der Waals surface area contributed by atoms with Crippen molar-refractivity contribution in [3.05, 3.63) is 18.0 Å². The van der Waals surface area contributed by atoms with Gasteiger partial charge in [-0.05, 0) is 59.4 Å². The van der Waals surface area contributed by atoms with Gasteiger partial charge in [0.05, 0.1) is 29.5 Å². The van der Waals surface area contributed by atoms with E-state index in [0.29, 0.717) is 12.5 Å². The number of nitrogens with zero attached hydrogens (tertiary/aromatic N) is 2. The van der Waals surface area contributed by atoms with Gasteiger partial charge in [-0.2, -0.15) is 5.10 Å². The van der Waals surface area contributed by atoms with Crippen LogP contribution in [0.4, 0.5) is 0 Å². The van der Waals surface area contributed by atoms with E-state index in [9.17, 15) is 5.11 Å². The molecule has 1 aliphatic rings. The summed E-state index contributed by atoms with van der Waals surface area (Å²) in [5, 5.41) is 13.9. The number of aromatic nitrogens is 2. The highest BCUT2D eigenvalue weighted by Gasteiger charge is 2.44. The number of hydrogen-bond acceptors (Lipinski definition) is 4. The average molecular weight is 337 g/mol. The van der Waals surface area contributed by atoms with Gasteiger partial charge in [-0.1, -0.05) is 20.3 Å². The molecule has 6 heteroatoms. The second kappa shape index (κ2) is 8.02. The van der Waals surface area contributed by atoms with Crippen LogP contribution in [-0.4, -0.2) is 39.4 Å². The monoisotopic (exact) mass is 337 g/mol. The zero-order valence-electron chi connectivity index (χ0n) is 16.6. The molecule has 2 heterocycles. The first-order valence-corrected chi connectivity index (χ1v) is 8.80. The molecule has 1 aromatic heterocycles. The van der Waals surface area contributed by atoms with Gasteiger partial charge in [0.1, 0.15) is 0 Å². The van der Waals surface area contributed by atoms with Crippen molar-refractivity contribution >= 4 is 7.69 Å². The van der Waals surface area contributed by atoms with Gasteiger partial charge in [0.25, 0.3) is 0 Å². The average Bonchev–Trinajstić information content (AvgIpc) is 2.94. The highest BCUT2D eigenvalue weighted by Crippen LogP contribution is 2.33. The molecule has 0 aromatic carbocycles. The molecule has 0 saturated carbocycles. The van der Waals surface area contributed by atoms with E-state index in [-0.39, 0.29) is 11.2 Å². The van der Waals surface area contributed by atoms with Crippen LogP contribution in [0.5, 0.6) is 0 Å². The van der Waals surface area contributed by atoms with E-state index in [0.717, 1.165) is 0 Å². The van der Waals surface area contributed by atoms with Crippen molar-refractivity contribution in [2.24, 2.45) is 0 Å². The minimum absolute atomic E-state index is 0.187. The summed E-state index contributed by atoms with van der Waals surface area (Å²) in [5.41, 5.74) is 0.193. The number of rotatable bonds is 5. The van der Waals surface area contributed by atoms with Crippen LogP contribution in [0.3, 0.4) is 0 Å². The molecule has 1 saturated heterocycles. The zero-order chi connectivity index (χ0) is 18.6. The highest BCUT2D eigenvalue weighted by molar-refractivity contribution is 6.19. The molecule has 1 unspecified atom stereocenters. The molecule has 1 radical (unpaired) electrons. The lowest BCUT2D eigenvalue weighted by molar-refractivity contribution is 0.00578. The van der Waals surface area contributed by atoms with Crippen molar-refractivity contribution in [3.8, 4) is 0 Å². The minimum atomic E-state index is -0.697. The second-order valence-corrected chi connectivity index (χ2v) is 8.33. The third-order valence-electron chi connectivity index (χ3n) is 4.63. The molecule has 1 aliphatic heterocycles. The molecule has 0 spiro atoms. The Hall–Kier alpha value is -0.845. The molecule has 0 bridgehead atoms. The maximum Gasteiger partial charge on any atom is 0.488 e. The Bertz CT molecular complexity index is 493. The van der Waals surface area contributed by atoms with Gasteiger partial charge in [0.2, 0.25) is 0 Å². The normalized spacial score (nSPS) is 20.0. The molecule has 137 valence electrons. The van der Waals surface area contributed by atoms with E-state index in [1.54, 1.807) is 13.8 Å². The van der Waals surface area contributed by atoms with Gasteiger partial charge in [-0.15, -0.1) is 0 Å². The quantitative estimate of drug-likeness (QED) is 0.833. The van der Waals surface area contributed by atoms with Crippen LogP contribution in [0.25, 0.3) is 0 Å². The maximum atomic E-state index is 9.66. The molecular weight excluding hydrogens is 303 g/mol. The van der Waals surface area contributed by atoms with Gasteiger partial charge < -0.3 is 14.4 Å². The Morgan fingerprint density at radius 1 is 1.25 bits per heavy atom. The maximum absolute atomic E-state index is 9.66. The first kappa shape index (κ1) is 21.2. The van der Waals surface area contributed by atoms with Gasteiger partial charge in [0.15, 0.2) is 0 Å². The largest absolute Gasteiger partial charge is 0.488 e. The topological polar surface area (TPSA) is 56.5 Å². The van der Waals surface area contributed by atoms with E-state index in [4.69, 9.17) is 9.31 Å². The van der Waals surface area contributed by atoms with E-state index < -0.39 is 5.60 Å². The van der Waals surface area contributed by atoms with Gasteiger partial charge >= 0.3 is 7.69 Å². The van der Waals surface area contributed by atoms with Crippen LogP contribution < -0.4 is 0 Å². The minimum Gasteiger partial charge on any atom is -0.405 e. The number of hydrogen-bond donors (Lipinski definition) is 1. The molecule has 5 nitrogen and oxygen atoms in total. The smallest absolute Gasteiger partial charge is 0.405 e. The van der Waals surface area contributed by atoms with Crippen molar-refractivity contribution in [3.63, 3.8) is 0 Å². The van der Waals surface area contributed by atoms with Crippen molar-refractivity contribution < 1.29 is 14.4 Å². The molecule has 0 amide bonds. The van der Waals surface area contributed by atoms with Crippen LogP contribution in [-0.2, 0) is 15.9 Å². The van der Waals surface area contributed by atoms with Gasteiger partial charge in [-0.25, -0.2) is 0 Å². The summed E-state index contributed by atoms with van der Waals surface area (Å²) in [6, 6.07) is 0. The number of aliphatic hydroxyl groups is 1. The predicted octanol–water partition coefficient (Wildman–Crippen LogP) is 3.68. The fraction of sp³-hybridized carbons (Fsp3) is 0.833. The SMILES string of the molecule is CC1(C)O[B]OC1(C)C.CCCC(C)c1cnn(CC(C)(C)O)c1. The summed E-state index contributed by atoms with van der Waals surface area (Å²) >= 11 is 0. The highest BCUT2D eigenvalue weighted by atomic mass is 16.7. The molecule has 1 fully saturated rings. The van der Waals surface area contributed by atoms with E-state index >= 15 is 0 Å². The van der Waals surface area contributed by atoms with E-state index in [1.165, 1.54) is 26.1 Å². The lowest BCUT2D eigenvalue weighted by Gasteiger charge is -2.32. The summed E-state index contributed by atoms with van der Waals surface area (Å²) in [5.74, 6) is 0.561. The summed E-state index contributed by atoms with van der Waals surface area (Å²) in [6.07, 6.45) is 6.33. The summed E-state index contributed by atoms with van der Waals surface area (Å²) in [4.78, 5) is 0. The fourth-order valence-corrected chi connectivity index (χ4v) is 2.27. The third-order valence-corrected chi connectivity index (χ3v) is 4.63. The van der Waals surface area contributed by atoms with E-state index in [2.05, 4.69) is 18.9 Å². The first-order valence-electron chi connectivity index (χ1n) is 8.80. The predicted molar refractivity (Wildman–Crippen MR) is 97.9 cm³/mol. The lowest BCUT2D eigenvalue weighted by Crippen LogP contribution is -2.41. The zero-order valence-corrected chi connectivity index (χ0v) is 16.6. The molecule has 1 N–H and O–H groups in total. The third kappa shape index (κ3) is 6.23. The Kier molecular flexibility index (Phi) is 7.09. The van der Waals surface area contributed by atoms with Crippen LogP contribution in [0.15, 0.2) is 12.4 Å². The first-order chi connectivity index (χ1) is 10.9. The van der Waals surface area contributed by atoms with Crippen molar-refractivity contribution in [1.82, 2.24) is 9.78 Å². The second-order valence-electron chi connectivity index (χ2n) is 8.33. The van der Waals surface area contributed by atoms with Crippen molar-refractivity contribution in [1.29, 1.82) is 0 Å². The lowest BCUT2D eigenvalue weighted by atomic mass is 9.90. The Labute approximate surface area is 148 Å². The Balaban J connectivity index is 0.000000272. The van der Waals surface area contributed by atoms with Crippen LogP contribution in [0.2, 0.25) is 0 Å². The van der Waals surface area contributed by atoms with Crippen LogP contribution in [0, 0.1) is 0 Å². The van der Waals surface area contributed by atoms with Crippen molar-refractivity contribution in [2.45, 2.75) is 97.5 Å². The molecule has 24 heavy (non-hydrogen) atoms.